The summed E-state index contributed by atoms with van der Waals surface area (Å²) in [7, 11) is 3.74. The summed E-state index contributed by atoms with van der Waals surface area (Å²) < 4.78 is 29.7. The maximum Gasteiger partial charge on any atom is 0.264 e. The summed E-state index contributed by atoms with van der Waals surface area (Å²) >= 11 is 4.26. The van der Waals surface area contributed by atoms with E-state index in [0.29, 0.717) is 20.5 Å². The van der Waals surface area contributed by atoms with E-state index in [-0.39, 0.29) is 0 Å². The zero-order valence-electron chi connectivity index (χ0n) is 19.0. The van der Waals surface area contributed by atoms with Gasteiger partial charge in [0.2, 0.25) is 0 Å². The van der Waals surface area contributed by atoms with E-state index in [9.17, 15) is 13.6 Å². The van der Waals surface area contributed by atoms with E-state index in [1.165, 1.54) is 41.2 Å². The summed E-state index contributed by atoms with van der Waals surface area (Å²) in [6.45, 7) is 3.55. The smallest absolute Gasteiger partial charge is 0.264 e. The Morgan fingerprint density at radius 2 is 1.94 bits per heavy atom. The van der Waals surface area contributed by atoms with Gasteiger partial charge in [-0.3, -0.25) is 4.79 Å². The molecule has 0 N–H and O–H groups in total. The van der Waals surface area contributed by atoms with E-state index in [2.05, 4.69) is 33.9 Å². The molecule has 0 saturated carbocycles. The highest BCUT2D eigenvalue weighted by molar-refractivity contribution is 8.09. The molecule has 4 rings (SSSR count). The van der Waals surface area contributed by atoms with Crippen LogP contribution < -0.4 is 9.47 Å². The molecule has 34 heavy (non-hydrogen) atoms. The van der Waals surface area contributed by atoms with Gasteiger partial charge in [-0.05, 0) is 13.0 Å². The molecule has 176 valence electrons. The molecule has 1 aromatic heterocycles. The summed E-state index contributed by atoms with van der Waals surface area (Å²) in [4.78, 5) is 17.1. The molecular weight excluding hydrogens is 492 g/mol. The number of anilines is 1. The third kappa shape index (κ3) is 5.21. The second-order valence-electron chi connectivity index (χ2n) is 7.64. The Bertz CT molecular complexity index is 1260. The topological polar surface area (TPSA) is 27.4 Å². The minimum absolute atomic E-state index is 0.488. The summed E-state index contributed by atoms with van der Waals surface area (Å²) in [5.41, 5.74) is 1.75. The Balaban J connectivity index is 1.66. The molecule has 0 unspecified atom stereocenters. The molecule has 1 aliphatic heterocycles. The number of halogens is 2. The predicted octanol–water partition coefficient (Wildman–Crippen LogP) is 5.96. The lowest BCUT2D eigenvalue weighted by atomic mass is 10.2. The number of hydrogen-bond acceptors (Lipinski definition) is 6. The van der Waals surface area contributed by atoms with Crippen molar-refractivity contribution in [2.75, 3.05) is 25.5 Å². The molecule has 0 spiro atoms. The van der Waals surface area contributed by atoms with Gasteiger partial charge in [-0.2, -0.15) is 4.57 Å². The number of nitrogens with zero attached hydrogens (tertiary/aromatic N) is 3. The number of aromatic nitrogens is 1. The van der Waals surface area contributed by atoms with Crippen LogP contribution in [0.15, 0.2) is 73.9 Å². The number of benzene rings is 2. The van der Waals surface area contributed by atoms with Crippen LogP contribution in [0.5, 0.6) is 0 Å². The van der Waals surface area contributed by atoms with Crippen molar-refractivity contribution in [1.82, 2.24) is 4.90 Å². The van der Waals surface area contributed by atoms with Gasteiger partial charge in [-0.25, -0.2) is 8.78 Å². The lowest BCUT2D eigenvalue weighted by Crippen LogP contribution is -2.34. The fraction of sp³-hybridized carbons (Fsp3) is 0.200. The van der Waals surface area contributed by atoms with Crippen molar-refractivity contribution in [3.8, 4) is 0 Å². The summed E-state index contributed by atoms with van der Waals surface area (Å²) in [6, 6.07) is 12.6. The number of hydrogen-bond donors (Lipinski definition) is 0. The first kappa shape index (κ1) is 24.5. The number of thioether (sulfide) groups is 2. The Hall–Kier alpha value is -2.62. The normalized spacial score (nSPS) is 14.9. The number of thiazole rings is 1. The van der Waals surface area contributed by atoms with E-state index in [1.807, 2.05) is 37.6 Å². The molecule has 0 atom stereocenters. The van der Waals surface area contributed by atoms with E-state index in [0.717, 1.165) is 29.4 Å². The predicted molar refractivity (Wildman–Crippen MR) is 138 cm³/mol. The summed E-state index contributed by atoms with van der Waals surface area (Å²) in [6.07, 6.45) is 4.95. The van der Waals surface area contributed by atoms with Gasteiger partial charge < -0.3 is 9.80 Å². The third-order valence-corrected chi connectivity index (χ3v) is 8.78. The molecule has 0 aliphatic carbocycles. The zero-order chi connectivity index (χ0) is 24.2. The minimum Gasteiger partial charge on any atom is -0.369 e. The van der Waals surface area contributed by atoms with Crippen molar-refractivity contribution in [1.29, 1.82) is 0 Å². The van der Waals surface area contributed by atoms with Gasteiger partial charge in [-0.1, -0.05) is 65.2 Å². The van der Waals surface area contributed by atoms with E-state index in [1.54, 1.807) is 23.3 Å². The molecule has 2 heterocycles. The number of allylic oxidation sites excluding steroid dienone is 1. The van der Waals surface area contributed by atoms with Crippen LogP contribution in [0.2, 0.25) is 0 Å². The lowest BCUT2D eigenvalue weighted by Gasteiger charge is -2.21. The molecule has 4 nitrogen and oxygen atoms in total. The maximum atomic E-state index is 13.8. The molecule has 3 aromatic rings. The van der Waals surface area contributed by atoms with Crippen LogP contribution in [0.25, 0.3) is 6.08 Å². The van der Waals surface area contributed by atoms with Gasteiger partial charge in [-0.15, -0.1) is 0 Å². The fourth-order valence-corrected chi connectivity index (χ4v) is 6.53. The SMILES string of the molecule is CCN(C)/C(=C/c1scc[n+]1Cc1ccccc1)S/C(C=O)=C1/Sc2cc(F)c(F)cc2N1C. The first-order chi connectivity index (χ1) is 16.4. The number of rotatable bonds is 8. The number of carbonyl (C=O) groups is 1. The van der Waals surface area contributed by atoms with Crippen molar-refractivity contribution in [3.05, 3.63) is 91.2 Å². The van der Waals surface area contributed by atoms with Crippen LogP contribution in [-0.4, -0.2) is 31.8 Å². The standard InChI is InChI=1S/C25H24F2N3OS3/c1-4-28(2)23(14-24-30(10-11-32-24)15-17-8-6-5-7-9-17)33-22(16-31)25-29(3)20-12-18(26)19(27)13-21(20)34-25/h5-14,16H,4,15H2,1-3H3/q+1/b25-22+. The highest BCUT2D eigenvalue weighted by atomic mass is 32.2. The van der Waals surface area contributed by atoms with Crippen LogP contribution in [0, 0.1) is 11.6 Å². The Labute approximate surface area is 210 Å². The van der Waals surface area contributed by atoms with Crippen LogP contribution in [0.4, 0.5) is 14.5 Å². The Morgan fingerprint density at radius 1 is 1.21 bits per heavy atom. The monoisotopic (exact) mass is 516 g/mol. The molecule has 9 heteroatoms. The highest BCUT2D eigenvalue weighted by Gasteiger charge is 2.28. The lowest BCUT2D eigenvalue weighted by molar-refractivity contribution is -0.685. The van der Waals surface area contributed by atoms with Crippen LogP contribution in [-0.2, 0) is 11.3 Å². The van der Waals surface area contributed by atoms with Gasteiger partial charge in [0, 0.05) is 37.2 Å². The fourth-order valence-electron chi connectivity index (χ4n) is 3.41. The molecule has 0 saturated heterocycles. The van der Waals surface area contributed by atoms with E-state index >= 15 is 0 Å². The van der Waals surface area contributed by atoms with E-state index < -0.39 is 11.6 Å². The van der Waals surface area contributed by atoms with Gasteiger partial charge in [0.25, 0.3) is 5.01 Å². The second-order valence-corrected chi connectivity index (χ2v) is 10.7. The van der Waals surface area contributed by atoms with Gasteiger partial charge in [0.1, 0.15) is 0 Å². The van der Waals surface area contributed by atoms with E-state index in [4.69, 9.17) is 0 Å². The molecular formula is C25H24F2N3OS3+. The molecule has 0 fully saturated rings. The molecule has 0 radical (unpaired) electrons. The van der Waals surface area contributed by atoms with Crippen LogP contribution in [0.1, 0.15) is 17.5 Å². The van der Waals surface area contributed by atoms with Gasteiger partial charge in [0.05, 0.1) is 32.1 Å². The Morgan fingerprint density at radius 3 is 2.65 bits per heavy atom. The van der Waals surface area contributed by atoms with Gasteiger partial charge in [0.15, 0.2) is 30.7 Å². The van der Waals surface area contributed by atoms with Crippen molar-refractivity contribution in [2.24, 2.45) is 0 Å². The van der Waals surface area contributed by atoms with Crippen molar-refractivity contribution < 1.29 is 18.1 Å². The summed E-state index contributed by atoms with van der Waals surface area (Å²) in [5.74, 6) is -1.80. The van der Waals surface area contributed by atoms with Crippen LogP contribution in [0.3, 0.4) is 0 Å². The Kier molecular flexibility index (Phi) is 7.75. The molecule has 0 amide bonds. The number of aldehydes is 1. The van der Waals surface area contributed by atoms with Crippen molar-refractivity contribution in [2.45, 2.75) is 18.4 Å². The third-order valence-electron chi connectivity index (χ3n) is 5.41. The minimum atomic E-state index is -0.903. The quantitative estimate of drug-likeness (QED) is 0.209. The average Bonchev–Trinajstić information content (AvgIpc) is 3.41. The maximum absolute atomic E-state index is 13.8. The summed E-state index contributed by atoms with van der Waals surface area (Å²) in [5, 5.41) is 4.66. The number of fused-ring (bicyclic) bond motifs is 1. The highest BCUT2D eigenvalue weighted by Crippen LogP contribution is 2.49. The average molecular weight is 517 g/mol. The second kappa shape index (κ2) is 10.8. The van der Waals surface area contributed by atoms with Crippen molar-refractivity contribution >= 4 is 52.9 Å². The van der Waals surface area contributed by atoms with Crippen molar-refractivity contribution in [3.63, 3.8) is 0 Å². The first-order valence-electron chi connectivity index (χ1n) is 10.6. The molecule has 0 bridgehead atoms. The largest absolute Gasteiger partial charge is 0.369 e. The number of carbonyl (C=O) groups excluding carboxylic acids is 1. The molecule has 2 aromatic carbocycles. The van der Waals surface area contributed by atoms with Gasteiger partial charge >= 0.3 is 0 Å². The molecule has 1 aliphatic rings. The first-order valence-corrected chi connectivity index (χ1v) is 13.1. The van der Waals surface area contributed by atoms with Crippen LogP contribution >= 0.6 is 34.9 Å². The zero-order valence-corrected chi connectivity index (χ0v) is 21.4.